The third-order valence-electron chi connectivity index (χ3n) is 4.15. The number of carbonyl (C=O) groups is 2. The molecule has 0 aromatic heterocycles. The lowest BCUT2D eigenvalue weighted by Crippen LogP contribution is -2.52. The molecule has 112 valence electrons. The second kappa shape index (κ2) is 5.73. The predicted molar refractivity (Wildman–Crippen MR) is 78.5 cm³/mol. The third kappa shape index (κ3) is 2.71. The molecule has 1 saturated heterocycles. The number of carbonyl (C=O) groups excluding carboxylic acids is 1. The number of para-hydroxylation sites is 1. The van der Waals surface area contributed by atoms with E-state index in [1.54, 1.807) is 6.07 Å². The maximum Gasteiger partial charge on any atom is 0.327 e. The van der Waals surface area contributed by atoms with Crippen molar-refractivity contribution in [3.8, 4) is 0 Å². The summed E-state index contributed by atoms with van der Waals surface area (Å²) in [6.07, 6.45) is 2.11. The van der Waals surface area contributed by atoms with Crippen molar-refractivity contribution in [3.63, 3.8) is 0 Å². The van der Waals surface area contributed by atoms with Crippen molar-refractivity contribution in [1.82, 2.24) is 10.6 Å². The van der Waals surface area contributed by atoms with Crippen LogP contribution in [0.2, 0.25) is 0 Å². The molecule has 1 fully saturated rings. The van der Waals surface area contributed by atoms with Gasteiger partial charge in [-0.15, -0.1) is 0 Å². The van der Waals surface area contributed by atoms with E-state index in [9.17, 15) is 14.7 Å². The van der Waals surface area contributed by atoms with Crippen molar-refractivity contribution in [1.29, 1.82) is 0 Å². The van der Waals surface area contributed by atoms with E-state index in [2.05, 4.69) is 10.6 Å². The van der Waals surface area contributed by atoms with E-state index in [1.165, 1.54) is 4.90 Å². The lowest BCUT2D eigenvalue weighted by atomic mass is 10.1. The highest BCUT2D eigenvalue weighted by Gasteiger charge is 2.38. The molecule has 1 aromatic rings. The number of anilines is 1. The molecule has 3 rings (SSSR count). The normalized spacial score (nSPS) is 21.9. The van der Waals surface area contributed by atoms with Crippen LogP contribution < -0.4 is 15.5 Å². The van der Waals surface area contributed by atoms with Gasteiger partial charge in [-0.1, -0.05) is 18.2 Å². The maximum atomic E-state index is 12.5. The van der Waals surface area contributed by atoms with Crippen molar-refractivity contribution in [2.24, 2.45) is 0 Å². The summed E-state index contributed by atoms with van der Waals surface area (Å²) >= 11 is 0. The van der Waals surface area contributed by atoms with Crippen LogP contribution in [0.4, 0.5) is 10.5 Å². The number of fused-ring (bicyclic) bond motifs is 1. The number of aliphatic carboxylic acids is 1. The number of piperidine rings is 1. The fourth-order valence-electron chi connectivity index (χ4n) is 3.05. The zero-order chi connectivity index (χ0) is 14.8. The molecule has 2 aliphatic heterocycles. The number of carboxylic acids is 1. The summed E-state index contributed by atoms with van der Waals surface area (Å²) in [5.74, 6) is -0.966. The fourth-order valence-corrected chi connectivity index (χ4v) is 3.05. The van der Waals surface area contributed by atoms with Crippen molar-refractivity contribution in [3.05, 3.63) is 29.8 Å². The summed E-state index contributed by atoms with van der Waals surface area (Å²) in [5, 5.41) is 15.6. The standard InChI is InChI=1S/C15H19N3O3/c19-14(20)13-9-10-3-1-2-4-12(10)18(13)15(21)17-11-5-7-16-8-6-11/h1-4,11,13,16H,5-9H2,(H,17,21)(H,19,20)/t13-/m0/s1. The molecule has 1 aromatic carbocycles. The van der Waals surface area contributed by atoms with Crippen LogP contribution >= 0.6 is 0 Å². The first-order chi connectivity index (χ1) is 10.2. The molecule has 0 saturated carbocycles. The highest BCUT2D eigenvalue weighted by Crippen LogP contribution is 2.32. The van der Waals surface area contributed by atoms with Crippen LogP contribution in [0.25, 0.3) is 0 Å². The second-order valence-corrected chi connectivity index (χ2v) is 5.53. The van der Waals surface area contributed by atoms with Gasteiger partial charge in [-0.25, -0.2) is 9.59 Å². The van der Waals surface area contributed by atoms with Gasteiger partial charge in [0.1, 0.15) is 6.04 Å². The maximum absolute atomic E-state index is 12.5. The van der Waals surface area contributed by atoms with Crippen LogP contribution in [0.3, 0.4) is 0 Å². The van der Waals surface area contributed by atoms with Crippen LogP contribution in [0.1, 0.15) is 18.4 Å². The van der Waals surface area contributed by atoms with Crippen molar-refractivity contribution in [2.75, 3.05) is 18.0 Å². The van der Waals surface area contributed by atoms with E-state index >= 15 is 0 Å². The first kappa shape index (κ1) is 13.9. The Morgan fingerprint density at radius 1 is 1.24 bits per heavy atom. The van der Waals surface area contributed by atoms with Crippen LogP contribution in [-0.4, -0.2) is 42.3 Å². The number of amides is 2. The Morgan fingerprint density at radius 2 is 1.95 bits per heavy atom. The Balaban J connectivity index is 1.80. The van der Waals surface area contributed by atoms with E-state index in [-0.39, 0.29) is 12.1 Å². The second-order valence-electron chi connectivity index (χ2n) is 5.53. The quantitative estimate of drug-likeness (QED) is 0.757. The summed E-state index contributed by atoms with van der Waals surface area (Å²) in [6.45, 7) is 1.76. The fraction of sp³-hybridized carbons (Fsp3) is 0.467. The Kier molecular flexibility index (Phi) is 3.79. The predicted octanol–water partition coefficient (Wildman–Crippen LogP) is 0.964. The summed E-state index contributed by atoms with van der Waals surface area (Å²) in [4.78, 5) is 25.4. The minimum Gasteiger partial charge on any atom is -0.480 e. The molecule has 2 amide bonds. The molecule has 0 aliphatic carbocycles. The van der Waals surface area contributed by atoms with Crippen LogP contribution in [0.15, 0.2) is 24.3 Å². The molecule has 2 heterocycles. The van der Waals surface area contributed by atoms with Gasteiger partial charge in [0.15, 0.2) is 0 Å². The lowest BCUT2D eigenvalue weighted by molar-refractivity contribution is -0.138. The van der Waals surface area contributed by atoms with E-state index in [0.29, 0.717) is 12.1 Å². The van der Waals surface area contributed by atoms with E-state index in [4.69, 9.17) is 0 Å². The zero-order valence-corrected chi connectivity index (χ0v) is 11.7. The summed E-state index contributed by atoms with van der Waals surface area (Å²) in [6, 6.07) is 6.37. The van der Waals surface area contributed by atoms with Crippen LogP contribution in [0, 0.1) is 0 Å². The highest BCUT2D eigenvalue weighted by atomic mass is 16.4. The number of rotatable bonds is 2. The molecule has 0 spiro atoms. The first-order valence-electron chi connectivity index (χ1n) is 7.28. The monoisotopic (exact) mass is 289 g/mol. The Bertz CT molecular complexity index is 555. The summed E-state index contributed by atoms with van der Waals surface area (Å²) in [5.41, 5.74) is 1.61. The first-order valence-corrected chi connectivity index (χ1v) is 7.28. The lowest BCUT2D eigenvalue weighted by Gasteiger charge is -2.28. The molecule has 0 bridgehead atoms. The molecular formula is C15H19N3O3. The Labute approximate surface area is 123 Å². The summed E-state index contributed by atoms with van der Waals surface area (Å²) < 4.78 is 0. The van der Waals surface area contributed by atoms with Gasteiger partial charge in [0.25, 0.3) is 0 Å². The topological polar surface area (TPSA) is 81.7 Å². The molecule has 0 unspecified atom stereocenters. The van der Waals surface area contributed by atoms with Gasteiger partial charge in [0.05, 0.1) is 0 Å². The van der Waals surface area contributed by atoms with Gasteiger partial charge in [0, 0.05) is 18.2 Å². The minimum atomic E-state index is -0.966. The van der Waals surface area contributed by atoms with E-state index in [1.807, 2.05) is 18.2 Å². The molecule has 21 heavy (non-hydrogen) atoms. The molecule has 1 atom stereocenters. The Morgan fingerprint density at radius 3 is 2.67 bits per heavy atom. The largest absolute Gasteiger partial charge is 0.480 e. The number of urea groups is 1. The van der Waals surface area contributed by atoms with Gasteiger partial charge >= 0.3 is 12.0 Å². The number of hydrogen-bond donors (Lipinski definition) is 3. The molecule has 6 nitrogen and oxygen atoms in total. The highest BCUT2D eigenvalue weighted by molar-refractivity contribution is 6.01. The van der Waals surface area contributed by atoms with Gasteiger partial charge in [-0.05, 0) is 37.6 Å². The molecular weight excluding hydrogens is 270 g/mol. The van der Waals surface area contributed by atoms with Crippen molar-refractivity contribution < 1.29 is 14.7 Å². The average molecular weight is 289 g/mol. The SMILES string of the molecule is O=C(O)[C@@H]1Cc2ccccc2N1C(=O)NC1CCNCC1. The number of benzene rings is 1. The summed E-state index contributed by atoms with van der Waals surface area (Å²) in [7, 11) is 0. The van der Waals surface area contributed by atoms with Crippen LogP contribution in [-0.2, 0) is 11.2 Å². The zero-order valence-electron chi connectivity index (χ0n) is 11.7. The van der Waals surface area contributed by atoms with Gasteiger partial charge in [0.2, 0.25) is 0 Å². The number of carboxylic acid groups (broad SMARTS) is 1. The Hall–Kier alpha value is -2.08. The van der Waals surface area contributed by atoms with Gasteiger partial charge in [-0.2, -0.15) is 0 Å². The van der Waals surface area contributed by atoms with E-state index in [0.717, 1.165) is 31.5 Å². The average Bonchev–Trinajstić information content (AvgIpc) is 2.88. The van der Waals surface area contributed by atoms with Gasteiger partial charge in [-0.3, -0.25) is 4.90 Å². The van der Waals surface area contributed by atoms with Crippen molar-refractivity contribution >= 4 is 17.7 Å². The van der Waals surface area contributed by atoms with Crippen molar-refractivity contribution in [2.45, 2.75) is 31.3 Å². The molecule has 0 radical (unpaired) electrons. The van der Waals surface area contributed by atoms with Gasteiger partial charge < -0.3 is 15.7 Å². The van der Waals surface area contributed by atoms with Crippen LogP contribution in [0.5, 0.6) is 0 Å². The third-order valence-corrected chi connectivity index (χ3v) is 4.15. The number of hydrogen-bond acceptors (Lipinski definition) is 3. The van der Waals surface area contributed by atoms with E-state index < -0.39 is 12.0 Å². The molecule has 3 N–H and O–H groups in total. The number of nitrogens with zero attached hydrogens (tertiary/aromatic N) is 1. The molecule has 6 heteroatoms. The molecule has 2 aliphatic rings. The smallest absolute Gasteiger partial charge is 0.327 e. The number of nitrogens with one attached hydrogen (secondary N) is 2. The minimum absolute atomic E-state index is 0.112.